The van der Waals surface area contributed by atoms with E-state index in [0.29, 0.717) is 0 Å². The van der Waals surface area contributed by atoms with Crippen LogP contribution in [0.5, 0.6) is 0 Å². The zero-order valence-electron chi connectivity index (χ0n) is 8.67. The number of hydrogen-bond donors (Lipinski definition) is 0. The van der Waals surface area contributed by atoms with Crippen LogP contribution >= 0.6 is 8.20 Å². The van der Waals surface area contributed by atoms with E-state index in [0.717, 1.165) is 14.1 Å². The molecule has 0 N–H and O–H groups in total. The molecule has 0 fully saturated rings. The maximum atomic E-state index is 3.81. The Morgan fingerprint density at radius 2 is 2.17 bits per heavy atom. The van der Waals surface area contributed by atoms with Crippen LogP contribution in [-0.4, -0.2) is 25.3 Å². The molecule has 0 aromatic rings. The molecule has 0 aliphatic carbocycles. The Balaban J connectivity index is 4.14. The van der Waals surface area contributed by atoms with Crippen molar-refractivity contribution in [1.82, 2.24) is 4.90 Å². The minimum Gasteiger partial charge on any atom is -0.381 e. The summed E-state index contributed by atoms with van der Waals surface area (Å²) in [6.45, 7) is 4.52. The second kappa shape index (κ2) is 6.25. The average Bonchev–Trinajstić information content (AvgIpc) is 2.03. The van der Waals surface area contributed by atoms with Gasteiger partial charge in [0.15, 0.2) is 0 Å². The molecule has 0 aliphatic heterocycles. The van der Waals surface area contributed by atoms with Crippen LogP contribution in [0, 0.1) is 5.92 Å². The van der Waals surface area contributed by atoms with Gasteiger partial charge in [0, 0.05) is 19.8 Å². The van der Waals surface area contributed by atoms with Crippen molar-refractivity contribution in [2.75, 3.05) is 14.1 Å². The summed E-state index contributed by atoms with van der Waals surface area (Å²) in [7, 11) is 5.30. The first-order valence-corrected chi connectivity index (χ1v) is 5.58. The van der Waals surface area contributed by atoms with E-state index < -0.39 is 0 Å². The summed E-state index contributed by atoms with van der Waals surface area (Å²) in [6, 6.07) is 0. The molecule has 70 valence electrons. The van der Waals surface area contributed by atoms with Gasteiger partial charge in [-0.15, -0.1) is 0 Å². The highest BCUT2D eigenvalue weighted by Crippen LogP contribution is 2.18. The van der Waals surface area contributed by atoms with E-state index in [1.807, 2.05) is 0 Å². The van der Waals surface area contributed by atoms with Gasteiger partial charge in [0.2, 0.25) is 0 Å². The molecule has 1 nitrogen and oxygen atoms in total. The molecular formula is C10H20NP. The molecule has 0 heterocycles. The molecule has 0 spiro atoms. The van der Waals surface area contributed by atoms with Crippen molar-refractivity contribution in [2.24, 2.45) is 5.92 Å². The van der Waals surface area contributed by atoms with Gasteiger partial charge in [-0.25, -0.2) is 0 Å². The van der Waals surface area contributed by atoms with Crippen LogP contribution < -0.4 is 0 Å². The Bertz CT molecular complexity index is 161. The fourth-order valence-corrected chi connectivity index (χ4v) is 1.50. The minimum atomic E-state index is 0.778. The Kier molecular flexibility index (Phi) is 6.10. The number of nitrogens with zero attached hydrogens (tertiary/aromatic N) is 1. The topological polar surface area (TPSA) is 3.24 Å². The van der Waals surface area contributed by atoms with Gasteiger partial charge in [0.1, 0.15) is 0 Å². The molecule has 0 aromatic carbocycles. The molecule has 1 atom stereocenters. The van der Waals surface area contributed by atoms with E-state index in [2.05, 4.69) is 45.0 Å². The summed E-state index contributed by atoms with van der Waals surface area (Å²) in [5.41, 5.74) is 1.40. The van der Waals surface area contributed by atoms with Crippen molar-refractivity contribution in [3.05, 3.63) is 11.5 Å². The van der Waals surface area contributed by atoms with Gasteiger partial charge in [-0.05, 0) is 18.2 Å². The first kappa shape index (κ1) is 11.7. The standard InChI is InChI=1S/C10H20NP/c1-6-9(2)7-10(8-12-5)11(3)4/h8-9H,5-7H2,1-4H3. The Labute approximate surface area is 78.3 Å². The van der Waals surface area contributed by atoms with Crippen molar-refractivity contribution in [2.45, 2.75) is 26.7 Å². The van der Waals surface area contributed by atoms with Crippen molar-refractivity contribution >= 4 is 14.5 Å². The van der Waals surface area contributed by atoms with E-state index in [1.165, 1.54) is 18.5 Å². The monoisotopic (exact) mass is 185 g/mol. The SMILES string of the molecule is C=PC=C(CC(C)CC)N(C)C. The van der Waals surface area contributed by atoms with Crippen LogP contribution in [0.25, 0.3) is 0 Å². The third kappa shape index (κ3) is 4.56. The average molecular weight is 185 g/mol. The van der Waals surface area contributed by atoms with E-state index in [1.54, 1.807) is 0 Å². The summed E-state index contributed by atoms with van der Waals surface area (Å²) in [5, 5.41) is 0. The highest BCUT2D eigenvalue weighted by molar-refractivity contribution is 7.40. The highest BCUT2D eigenvalue weighted by Gasteiger charge is 2.04. The van der Waals surface area contributed by atoms with Crippen LogP contribution in [0.3, 0.4) is 0 Å². The van der Waals surface area contributed by atoms with Gasteiger partial charge in [-0.3, -0.25) is 0 Å². The normalized spacial score (nSPS) is 14.8. The molecule has 0 aromatic heterocycles. The molecular weight excluding hydrogens is 165 g/mol. The molecule has 12 heavy (non-hydrogen) atoms. The van der Waals surface area contributed by atoms with Crippen LogP contribution in [0.4, 0.5) is 0 Å². The first-order chi connectivity index (χ1) is 5.61. The third-order valence-corrected chi connectivity index (χ3v) is 2.55. The van der Waals surface area contributed by atoms with Crippen molar-refractivity contribution in [1.29, 1.82) is 0 Å². The van der Waals surface area contributed by atoms with Gasteiger partial charge in [0.05, 0.1) is 0 Å². The fraction of sp³-hybridized carbons (Fsp3) is 0.700. The molecule has 0 rings (SSSR count). The summed E-state index contributed by atoms with van der Waals surface area (Å²) in [5.74, 6) is 2.96. The summed E-state index contributed by atoms with van der Waals surface area (Å²) < 4.78 is 0. The molecule has 2 heteroatoms. The molecule has 0 amide bonds. The molecule has 0 saturated heterocycles. The van der Waals surface area contributed by atoms with E-state index >= 15 is 0 Å². The lowest BCUT2D eigenvalue weighted by Crippen LogP contribution is -2.13. The quantitative estimate of drug-likeness (QED) is 0.594. The lowest BCUT2D eigenvalue weighted by molar-refractivity contribution is 0.435. The predicted octanol–water partition coefficient (Wildman–Crippen LogP) is 3.20. The molecule has 0 saturated carbocycles. The van der Waals surface area contributed by atoms with Crippen LogP contribution in [0.15, 0.2) is 11.5 Å². The van der Waals surface area contributed by atoms with Crippen LogP contribution in [0.2, 0.25) is 0 Å². The lowest BCUT2D eigenvalue weighted by Gasteiger charge is -2.19. The zero-order valence-corrected chi connectivity index (χ0v) is 9.56. The number of allylic oxidation sites excluding steroid dienone is 1. The van der Waals surface area contributed by atoms with Gasteiger partial charge in [0.25, 0.3) is 0 Å². The van der Waals surface area contributed by atoms with Crippen LogP contribution in [0.1, 0.15) is 26.7 Å². The summed E-state index contributed by atoms with van der Waals surface area (Å²) in [6.07, 6.45) is 6.23. The number of hydrogen-bond acceptors (Lipinski definition) is 1. The van der Waals surface area contributed by atoms with Gasteiger partial charge >= 0.3 is 0 Å². The fourth-order valence-electron chi connectivity index (χ4n) is 0.957. The summed E-state index contributed by atoms with van der Waals surface area (Å²) >= 11 is 0. The Morgan fingerprint density at radius 1 is 1.58 bits per heavy atom. The van der Waals surface area contributed by atoms with Crippen molar-refractivity contribution < 1.29 is 0 Å². The molecule has 1 unspecified atom stereocenters. The largest absolute Gasteiger partial charge is 0.381 e. The van der Waals surface area contributed by atoms with Gasteiger partial charge in [-0.1, -0.05) is 34.8 Å². The van der Waals surface area contributed by atoms with E-state index in [4.69, 9.17) is 0 Å². The summed E-state index contributed by atoms with van der Waals surface area (Å²) in [4.78, 5) is 2.18. The Hall–Kier alpha value is -0.290. The maximum absolute atomic E-state index is 3.81. The minimum absolute atomic E-state index is 0.778. The van der Waals surface area contributed by atoms with Crippen molar-refractivity contribution in [3.8, 4) is 0 Å². The Morgan fingerprint density at radius 3 is 2.50 bits per heavy atom. The number of rotatable bonds is 5. The third-order valence-electron chi connectivity index (χ3n) is 2.07. The van der Waals surface area contributed by atoms with Gasteiger partial charge in [-0.2, -0.15) is 0 Å². The van der Waals surface area contributed by atoms with Gasteiger partial charge < -0.3 is 4.90 Å². The molecule has 0 radical (unpaired) electrons. The lowest BCUT2D eigenvalue weighted by atomic mass is 10.0. The molecule has 0 aliphatic rings. The second-order valence-electron chi connectivity index (χ2n) is 3.41. The first-order valence-electron chi connectivity index (χ1n) is 4.44. The second-order valence-corrected chi connectivity index (χ2v) is 4.04. The highest BCUT2D eigenvalue weighted by atomic mass is 31.1. The predicted molar refractivity (Wildman–Crippen MR) is 59.9 cm³/mol. The van der Waals surface area contributed by atoms with E-state index in [9.17, 15) is 0 Å². The smallest absolute Gasteiger partial charge is 0.0176 e. The van der Waals surface area contributed by atoms with E-state index in [-0.39, 0.29) is 0 Å². The zero-order chi connectivity index (χ0) is 9.56. The van der Waals surface area contributed by atoms with Crippen molar-refractivity contribution in [3.63, 3.8) is 0 Å². The maximum Gasteiger partial charge on any atom is 0.0176 e. The molecule has 0 bridgehead atoms. The van der Waals surface area contributed by atoms with Crippen LogP contribution in [-0.2, 0) is 0 Å².